The molecule has 1 aliphatic rings. The molecule has 5 nitrogen and oxygen atoms in total. The molecule has 2 aromatic rings. The van der Waals surface area contributed by atoms with E-state index in [2.05, 4.69) is 31.3 Å². The van der Waals surface area contributed by atoms with Crippen LogP contribution in [0.25, 0.3) is 0 Å². The van der Waals surface area contributed by atoms with Gasteiger partial charge in [0.2, 0.25) is 0 Å². The minimum absolute atomic E-state index is 0.0666. The van der Waals surface area contributed by atoms with Crippen molar-refractivity contribution < 1.29 is 9.66 Å². The zero-order valence-electron chi connectivity index (χ0n) is 15.3. The van der Waals surface area contributed by atoms with E-state index in [1.165, 1.54) is 5.56 Å². The van der Waals surface area contributed by atoms with E-state index >= 15 is 0 Å². The van der Waals surface area contributed by atoms with E-state index in [4.69, 9.17) is 4.74 Å². The average Bonchev–Trinajstić information content (AvgIpc) is 3.10. The number of nitro benzene ring substituents is 1. The van der Waals surface area contributed by atoms with Gasteiger partial charge in [0.15, 0.2) is 0 Å². The van der Waals surface area contributed by atoms with Gasteiger partial charge in [-0.05, 0) is 31.2 Å². The van der Waals surface area contributed by atoms with Crippen LogP contribution in [0.4, 0.5) is 5.69 Å². The van der Waals surface area contributed by atoms with Crippen LogP contribution in [0.1, 0.15) is 37.5 Å². The van der Waals surface area contributed by atoms with E-state index in [0.717, 1.165) is 18.6 Å². The summed E-state index contributed by atoms with van der Waals surface area (Å²) in [5.74, 6) is 0.271. The highest BCUT2D eigenvalue weighted by molar-refractivity contribution is 5.40. The number of nitrogens with one attached hydrogen (secondary N) is 1. The molecule has 1 fully saturated rings. The maximum atomic E-state index is 11.2. The highest BCUT2D eigenvalue weighted by Crippen LogP contribution is 2.30. The molecule has 3 rings (SSSR count). The second-order valence-corrected chi connectivity index (χ2v) is 7.12. The number of hydrogen-bond donors (Lipinski definition) is 1. The first-order valence-corrected chi connectivity index (χ1v) is 9.21. The van der Waals surface area contributed by atoms with Gasteiger partial charge in [-0.15, -0.1) is 0 Å². The highest BCUT2D eigenvalue weighted by Gasteiger charge is 2.31. The lowest BCUT2D eigenvalue weighted by molar-refractivity contribution is -0.385. The van der Waals surface area contributed by atoms with Crippen molar-refractivity contribution >= 4 is 5.69 Å². The second kappa shape index (κ2) is 8.43. The van der Waals surface area contributed by atoms with Crippen molar-refractivity contribution in [1.29, 1.82) is 0 Å². The molecule has 0 saturated carbocycles. The van der Waals surface area contributed by atoms with E-state index in [0.29, 0.717) is 6.42 Å². The van der Waals surface area contributed by atoms with Gasteiger partial charge in [-0.3, -0.25) is 10.1 Å². The topological polar surface area (TPSA) is 64.4 Å². The molecule has 0 amide bonds. The second-order valence-electron chi connectivity index (χ2n) is 7.12. The van der Waals surface area contributed by atoms with Crippen molar-refractivity contribution in [2.45, 2.75) is 44.9 Å². The van der Waals surface area contributed by atoms with E-state index in [1.54, 1.807) is 12.1 Å². The van der Waals surface area contributed by atoms with Crippen LogP contribution in [-0.4, -0.2) is 23.6 Å². The monoisotopic (exact) mass is 354 g/mol. The van der Waals surface area contributed by atoms with Crippen molar-refractivity contribution in [3.05, 3.63) is 75.8 Å². The van der Waals surface area contributed by atoms with Gasteiger partial charge in [-0.25, -0.2) is 0 Å². The zero-order valence-corrected chi connectivity index (χ0v) is 15.3. The average molecular weight is 354 g/mol. The zero-order chi connectivity index (χ0) is 18.5. The summed E-state index contributed by atoms with van der Waals surface area (Å²) in [4.78, 5) is 10.9. The fourth-order valence-corrected chi connectivity index (χ4v) is 3.62. The number of rotatable bonds is 7. The lowest BCUT2D eigenvalue weighted by Gasteiger charge is -2.28. The Kier molecular flexibility index (Phi) is 6.01. The van der Waals surface area contributed by atoms with Gasteiger partial charge >= 0.3 is 0 Å². The largest absolute Gasteiger partial charge is 0.372 e. The van der Waals surface area contributed by atoms with Crippen LogP contribution in [-0.2, 0) is 11.2 Å². The molecule has 0 radical (unpaired) electrons. The Balaban J connectivity index is 1.64. The number of nitro groups is 1. The standard InChI is InChI=1S/C21H26N2O3/c1-15(14-18-10-6-7-11-20(18)23(24)25)16(2)22-19-12-13-26-21(19)17-8-4-3-5-9-17/h3-11,15-16,19,21-22H,12-14H2,1-2H3/t15-,16+,19+,21+/m1/s1. The van der Waals surface area contributed by atoms with Crippen molar-refractivity contribution in [1.82, 2.24) is 5.32 Å². The van der Waals surface area contributed by atoms with Crippen molar-refractivity contribution in [2.75, 3.05) is 6.61 Å². The van der Waals surface area contributed by atoms with Crippen LogP contribution in [0.3, 0.4) is 0 Å². The summed E-state index contributed by atoms with van der Waals surface area (Å²) >= 11 is 0. The highest BCUT2D eigenvalue weighted by atomic mass is 16.6. The maximum absolute atomic E-state index is 11.2. The van der Waals surface area contributed by atoms with Crippen LogP contribution < -0.4 is 5.32 Å². The van der Waals surface area contributed by atoms with Crippen molar-refractivity contribution in [2.24, 2.45) is 5.92 Å². The van der Waals surface area contributed by atoms with Crippen LogP contribution in [0.15, 0.2) is 54.6 Å². The lowest BCUT2D eigenvalue weighted by Crippen LogP contribution is -2.42. The third-order valence-corrected chi connectivity index (χ3v) is 5.28. The number of nitrogens with zero attached hydrogens (tertiary/aromatic N) is 1. The van der Waals surface area contributed by atoms with E-state index < -0.39 is 0 Å². The summed E-state index contributed by atoms with van der Waals surface area (Å²) < 4.78 is 5.95. The summed E-state index contributed by atoms with van der Waals surface area (Å²) in [5.41, 5.74) is 2.19. The molecule has 5 heteroatoms. The fourth-order valence-electron chi connectivity index (χ4n) is 3.62. The molecule has 0 spiro atoms. The fraction of sp³-hybridized carbons (Fsp3) is 0.429. The van der Waals surface area contributed by atoms with E-state index in [1.807, 2.05) is 30.3 Å². The molecular weight excluding hydrogens is 328 g/mol. The Hall–Kier alpha value is -2.24. The molecule has 0 bridgehead atoms. The third-order valence-electron chi connectivity index (χ3n) is 5.28. The molecule has 1 aliphatic heterocycles. The number of hydrogen-bond acceptors (Lipinski definition) is 4. The Morgan fingerprint density at radius 1 is 1.15 bits per heavy atom. The summed E-state index contributed by atoms with van der Waals surface area (Å²) in [5, 5.41) is 14.9. The quantitative estimate of drug-likeness (QED) is 0.595. The molecule has 1 saturated heterocycles. The summed E-state index contributed by atoms with van der Waals surface area (Å²) in [7, 11) is 0. The van der Waals surface area contributed by atoms with Crippen LogP contribution >= 0.6 is 0 Å². The molecule has 0 aromatic heterocycles. The SMILES string of the molecule is C[C@H](Cc1ccccc1[N+](=O)[O-])[C@H](C)N[C@H]1CCO[C@H]1c1ccccc1. The molecule has 1 N–H and O–H groups in total. The Labute approximate surface area is 154 Å². The number of benzene rings is 2. The van der Waals surface area contributed by atoms with Crippen LogP contribution in [0, 0.1) is 16.0 Å². The predicted octanol–water partition coefficient (Wildman–Crippen LogP) is 4.28. The lowest BCUT2D eigenvalue weighted by atomic mass is 9.92. The van der Waals surface area contributed by atoms with Gasteiger partial charge in [-0.1, -0.05) is 55.5 Å². The van der Waals surface area contributed by atoms with Crippen LogP contribution in [0.5, 0.6) is 0 Å². The van der Waals surface area contributed by atoms with Crippen molar-refractivity contribution in [3.8, 4) is 0 Å². The summed E-state index contributed by atoms with van der Waals surface area (Å²) in [6.07, 6.45) is 1.72. The van der Waals surface area contributed by atoms with Gasteiger partial charge in [-0.2, -0.15) is 0 Å². The van der Waals surface area contributed by atoms with E-state index in [-0.39, 0.29) is 34.7 Å². The van der Waals surface area contributed by atoms with E-state index in [9.17, 15) is 10.1 Å². The summed E-state index contributed by atoms with van der Waals surface area (Å²) in [6, 6.07) is 17.8. The van der Waals surface area contributed by atoms with Gasteiger partial charge in [0, 0.05) is 30.3 Å². The molecule has 4 atom stereocenters. The maximum Gasteiger partial charge on any atom is 0.272 e. The normalized spacial score (nSPS) is 22.1. The van der Waals surface area contributed by atoms with Gasteiger partial charge < -0.3 is 10.1 Å². The number of ether oxygens (including phenoxy) is 1. The minimum Gasteiger partial charge on any atom is -0.372 e. The predicted molar refractivity (Wildman–Crippen MR) is 102 cm³/mol. The van der Waals surface area contributed by atoms with Gasteiger partial charge in [0.25, 0.3) is 5.69 Å². The van der Waals surface area contributed by atoms with Crippen LogP contribution in [0.2, 0.25) is 0 Å². The number of para-hydroxylation sites is 1. The minimum atomic E-state index is -0.295. The molecule has 0 aliphatic carbocycles. The molecule has 2 aromatic carbocycles. The van der Waals surface area contributed by atoms with Crippen molar-refractivity contribution in [3.63, 3.8) is 0 Å². The van der Waals surface area contributed by atoms with Gasteiger partial charge in [0.05, 0.1) is 11.0 Å². The molecule has 138 valence electrons. The molecule has 1 heterocycles. The molecular formula is C21H26N2O3. The third kappa shape index (κ3) is 4.29. The molecule has 0 unspecified atom stereocenters. The Morgan fingerprint density at radius 2 is 1.85 bits per heavy atom. The van der Waals surface area contributed by atoms with Gasteiger partial charge in [0.1, 0.15) is 0 Å². The first-order valence-electron chi connectivity index (χ1n) is 9.21. The first-order chi connectivity index (χ1) is 12.6. The Morgan fingerprint density at radius 3 is 2.58 bits per heavy atom. The molecule has 26 heavy (non-hydrogen) atoms. The summed E-state index contributed by atoms with van der Waals surface area (Å²) in [6.45, 7) is 5.05. The Bertz CT molecular complexity index is 735. The first kappa shape index (κ1) is 18.5. The smallest absolute Gasteiger partial charge is 0.272 e.